The average molecular weight is 343 g/mol. The van der Waals surface area contributed by atoms with E-state index in [9.17, 15) is 14.4 Å². The molecule has 2 aromatic rings. The highest BCUT2D eigenvalue weighted by Gasteiger charge is 2.22. The van der Waals surface area contributed by atoms with Crippen LogP contribution in [-0.4, -0.2) is 27.0 Å². The van der Waals surface area contributed by atoms with Crippen molar-refractivity contribution in [3.63, 3.8) is 0 Å². The molecule has 1 aromatic carbocycles. The highest BCUT2D eigenvalue weighted by Crippen LogP contribution is 2.20. The van der Waals surface area contributed by atoms with E-state index < -0.39 is 23.6 Å². The van der Waals surface area contributed by atoms with Gasteiger partial charge in [-0.05, 0) is 11.6 Å². The summed E-state index contributed by atoms with van der Waals surface area (Å²) in [6.45, 7) is 5.70. The zero-order valence-corrected chi connectivity index (χ0v) is 14.4. The number of H-pyrrole nitrogens is 1. The van der Waals surface area contributed by atoms with Gasteiger partial charge in [-0.25, -0.2) is 4.79 Å². The van der Waals surface area contributed by atoms with Gasteiger partial charge in [-0.2, -0.15) is 4.98 Å². The minimum absolute atomic E-state index is 0.0417. The van der Waals surface area contributed by atoms with E-state index in [0.717, 1.165) is 0 Å². The maximum absolute atomic E-state index is 12.5. The van der Waals surface area contributed by atoms with Crippen molar-refractivity contribution in [2.24, 2.45) is 0 Å². The first-order valence-corrected chi connectivity index (χ1v) is 7.86. The summed E-state index contributed by atoms with van der Waals surface area (Å²) in [5.41, 5.74) is 0.218. The number of rotatable bonds is 5. The summed E-state index contributed by atoms with van der Waals surface area (Å²) in [6, 6.07) is 9.60. The molecule has 3 N–H and O–H groups in total. The number of nitrogens with one attached hydrogen (secondary N) is 2. The molecule has 7 nitrogen and oxygen atoms in total. The van der Waals surface area contributed by atoms with E-state index >= 15 is 0 Å². The van der Waals surface area contributed by atoms with E-state index in [1.54, 1.807) is 30.3 Å². The fourth-order valence-corrected chi connectivity index (χ4v) is 2.32. The van der Waals surface area contributed by atoms with E-state index in [1.165, 1.54) is 6.07 Å². The van der Waals surface area contributed by atoms with Crippen LogP contribution in [0.5, 0.6) is 0 Å². The smallest absolute Gasteiger partial charge is 0.345 e. The van der Waals surface area contributed by atoms with Crippen LogP contribution in [0.2, 0.25) is 0 Å². The van der Waals surface area contributed by atoms with Crippen LogP contribution >= 0.6 is 0 Å². The molecule has 0 aliphatic rings. The van der Waals surface area contributed by atoms with Crippen LogP contribution in [0, 0.1) is 0 Å². The van der Waals surface area contributed by atoms with Gasteiger partial charge in [-0.3, -0.25) is 9.59 Å². The molecule has 132 valence electrons. The molecular weight excluding hydrogens is 322 g/mol. The lowest BCUT2D eigenvalue weighted by Crippen LogP contribution is -2.33. The van der Waals surface area contributed by atoms with Gasteiger partial charge in [-0.1, -0.05) is 51.1 Å². The van der Waals surface area contributed by atoms with Crippen molar-refractivity contribution in [2.45, 2.75) is 38.6 Å². The Hall–Kier alpha value is -2.96. The summed E-state index contributed by atoms with van der Waals surface area (Å²) in [4.78, 5) is 41.7. The van der Waals surface area contributed by atoms with Crippen LogP contribution in [0.3, 0.4) is 0 Å². The Morgan fingerprint density at radius 3 is 2.44 bits per heavy atom. The number of carboxylic acids is 1. The topological polar surface area (TPSA) is 112 Å². The molecule has 1 amide bonds. The number of carboxylic acid groups (broad SMARTS) is 1. The molecular formula is C18H21N3O4. The van der Waals surface area contributed by atoms with Crippen LogP contribution in [0.25, 0.3) is 0 Å². The Morgan fingerprint density at radius 2 is 1.88 bits per heavy atom. The Bertz CT molecular complexity index is 822. The highest BCUT2D eigenvalue weighted by molar-refractivity contribution is 5.92. The Labute approximate surface area is 145 Å². The average Bonchev–Trinajstić information content (AvgIpc) is 2.53. The van der Waals surface area contributed by atoms with E-state index in [1.807, 2.05) is 20.8 Å². The van der Waals surface area contributed by atoms with Gasteiger partial charge >= 0.3 is 11.7 Å². The lowest BCUT2D eigenvalue weighted by Gasteiger charge is -2.20. The number of carbonyl (C=O) groups is 2. The van der Waals surface area contributed by atoms with E-state index in [-0.39, 0.29) is 17.5 Å². The van der Waals surface area contributed by atoms with E-state index in [0.29, 0.717) is 11.3 Å². The minimum atomic E-state index is -1.04. The standard InChI is InChI=1S/C18H21N3O4/c1-18(2,3)14-9-13(20-17(25)21-14)16(24)19-12(10-15(22)23)11-7-5-4-6-8-11/h4-9,12H,10H2,1-3H3,(H,19,24)(H,22,23)(H,20,21,25). The molecule has 25 heavy (non-hydrogen) atoms. The van der Waals surface area contributed by atoms with Crippen molar-refractivity contribution in [3.8, 4) is 0 Å². The van der Waals surface area contributed by atoms with E-state index in [2.05, 4.69) is 15.3 Å². The first-order valence-electron chi connectivity index (χ1n) is 7.86. The quantitative estimate of drug-likeness (QED) is 0.769. The van der Waals surface area contributed by atoms with Crippen molar-refractivity contribution in [3.05, 3.63) is 63.8 Å². The van der Waals surface area contributed by atoms with Crippen molar-refractivity contribution in [2.75, 3.05) is 0 Å². The number of hydrogen-bond acceptors (Lipinski definition) is 4. The third kappa shape index (κ3) is 5.00. The predicted molar refractivity (Wildman–Crippen MR) is 92.5 cm³/mol. The Kier molecular flexibility index (Phi) is 5.36. The first kappa shape index (κ1) is 18.4. The van der Waals surface area contributed by atoms with E-state index in [4.69, 9.17) is 5.11 Å². The molecule has 0 saturated carbocycles. The summed E-state index contributed by atoms with van der Waals surface area (Å²) >= 11 is 0. The fraction of sp³-hybridized carbons (Fsp3) is 0.333. The maximum Gasteiger partial charge on any atom is 0.345 e. The molecule has 0 radical (unpaired) electrons. The summed E-state index contributed by atoms with van der Waals surface area (Å²) < 4.78 is 0. The van der Waals surface area contributed by atoms with Crippen molar-refractivity contribution in [1.29, 1.82) is 0 Å². The zero-order valence-electron chi connectivity index (χ0n) is 14.4. The summed E-state index contributed by atoms with van der Waals surface area (Å²) in [6.07, 6.45) is -0.273. The van der Waals surface area contributed by atoms with Crippen molar-refractivity contribution in [1.82, 2.24) is 15.3 Å². The Balaban J connectivity index is 2.31. The van der Waals surface area contributed by atoms with Gasteiger partial charge in [0.1, 0.15) is 5.69 Å². The van der Waals surface area contributed by atoms with Crippen LogP contribution in [-0.2, 0) is 10.2 Å². The molecule has 0 bridgehead atoms. The highest BCUT2D eigenvalue weighted by atomic mass is 16.4. The van der Waals surface area contributed by atoms with Crippen LogP contribution in [0.4, 0.5) is 0 Å². The maximum atomic E-state index is 12.5. The van der Waals surface area contributed by atoms with Crippen molar-refractivity contribution < 1.29 is 14.7 Å². The first-order chi connectivity index (χ1) is 11.7. The molecule has 0 aliphatic heterocycles. The van der Waals surface area contributed by atoms with Gasteiger partial charge in [0.05, 0.1) is 12.5 Å². The number of aromatic amines is 1. The van der Waals surface area contributed by atoms with Crippen LogP contribution < -0.4 is 11.0 Å². The molecule has 7 heteroatoms. The molecule has 0 spiro atoms. The third-order valence-electron chi connectivity index (χ3n) is 3.67. The monoisotopic (exact) mass is 343 g/mol. The SMILES string of the molecule is CC(C)(C)c1cc(C(=O)NC(CC(=O)O)c2ccccc2)nc(=O)[nH]1. The molecule has 1 atom stereocenters. The molecule has 0 aliphatic carbocycles. The van der Waals surface area contributed by atoms with Gasteiger partial charge in [0.2, 0.25) is 0 Å². The number of amides is 1. The third-order valence-corrected chi connectivity index (χ3v) is 3.67. The molecule has 1 aromatic heterocycles. The second-order valence-corrected chi connectivity index (χ2v) is 6.77. The minimum Gasteiger partial charge on any atom is -0.481 e. The van der Waals surface area contributed by atoms with Crippen LogP contribution in [0.1, 0.15) is 55.0 Å². The zero-order chi connectivity index (χ0) is 18.6. The van der Waals surface area contributed by atoms with Crippen LogP contribution in [0.15, 0.2) is 41.2 Å². The second kappa shape index (κ2) is 7.29. The number of aromatic nitrogens is 2. The van der Waals surface area contributed by atoms with Gasteiger partial charge in [0.25, 0.3) is 5.91 Å². The van der Waals surface area contributed by atoms with Gasteiger partial charge in [0, 0.05) is 11.1 Å². The fourth-order valence-electron chi connectivity index (χ4n) is 2.32. The molecule has 0 saturated heterocycles. The number of benzene rings is 1. The largest absolute Gasteiger partial charge is 0.481 e. The van der Waals surface area contributed by atoms with Gasteiger partial charge in [-0.15, -0.1) is 0 Å². The summed E-state index contributed by atoms with van der Waals surface area (Å²) in [5.74, 6) is -1.63. The summed E-state index contributed by atoms with van der Waals surface area (Å²) in [7, 11) is 0. The molecule has 0 fully saturated rings. The molecule has 2 rings (SSSR count). The van der Waals surface area contributed by atoms with Gasteiger partial charge < -0.3 is 15.4 Å². The predicted octanol–water partition coefficient (Wildman–Crippen LogP) is 2.01. The molecule has 1 unspecified atom stereocenters. The number of hydrogen-bond donors (Lipinski definition) is 3. The number of nitrogens with zero attached hydrogens (tertiary/aromatic N) is 1. The second-order valence-electron chi connectivity index (χ2n) is 6.77. The number of carbonyl (C=O) groups excluding carboxylic acids is 1. The Morgan fingerprint density at radius 1 is 1.24 bits per heavy atom. The van der Waals surface area contributed by atoms with Gasteiger partial charge in [0.15, 0.2) is 0 Å². The normalized spacial score (nSPS) is 12.4. The number of aliphatic carboxylic acids is 1. The van der Waals surface area contributed by atoms with Crippen molar-refractivity contribution >= 4 is 11.9 Å². The summed E-state index contributed by atoms with van der Waals surface area (Å²) in [5, 5.41) is 11.8. The lowest BCUT2D eigenvalue weighted by molar-refractivity contribution is -0.137. The lowest BCUT2D eigenvalue weighted by atomic mass is 9.91. The molecule has 1 heterocycles.